The lowest BCUT2D eigenvalue weighted by Gasteiger charge is -2.29. The lowest BCUT2D eigenvalue weighted by Crippen LogP contribution is -2.39. The van der Waals surface area contributed by atoms with Crippen LogP contribution in [0.15, 0.2) is 48.0 Å². The van der Waals surface area contributed by atoms with Gasteiger partial charge in [-0.2, -0.15) is 0 Å². The van der Waals surface area contributed by atoms with Gasteiger partial charge in [0.25, 0.3) is 5.91 Å². The van der Waals surface area contributed by atoms with Crippen LogP contribution < -0.4 is 9.64 Å². The Kier molecular flexibility index (Phi) is 5.16. The van der Waals surface area contributed by atoms with E-state index in [1.165, 1.54) is 0 Å². The molecule has 3 aromatic rings. The van der Waals surface area contributed by atoms with Gasteiger partial charge in [0.1, 0.15) is 10.8 Å². The van der Waals surface area contributed by atoms with Crippen LogP contribution in [0.1, 0.15) is 26.2 Å². The van der Waals surface area contributed by atoms with E-state index in [4.69, 9.17) is 9.72 Å². The molecule has 2 aromatic heterocycles. The van der Waals surface area contributed by atoms with Crippen molar-refractivity contribution < 1.29 is 9.53 Å². The van der Waals surface area contributed by atoms with Crippen LogP contribution in [0.3, 0.4) is 0 Å². The molecular formula is C21H21N3O2S. The normalized spacial score (nSPS) is 13.4. The molecule has 138 valence electrons. The van der Waals surface area contributed by atoms with Gasteiger partial charge in [0, 0.05) is 23.7 Å². The van der Waals surface area contributed by atoms with Crippen molar-refractivity contribution in [1.82, 2.24) is 9.97 Å². The number of amides is 1. The maximum absolute atomic E-state index is 12.4. The third-order valence-electron chi connectivity index (χ3n) is 4.57. The lowest BCUT2D eigenvalue weighted by molar-refractivity contribution is -0.121. The number of thiazole rings is 1. The summed E-state index contributed by atoms with van der Waals surface area (Å²) in [6.45, 7) is 3.00. The number of nitrogens with zero attached hydrogens (tertiary/aromatic N) is 3. The Bertz CT molecular complexity index is 940. The number of rotatable bonds is 6. The average Bonchev–Trinajstić information content (AvgIpc) is 3.20. The van der Waals surface area contributed by atoms with Gasteiger partial charge in [0.15, 0.2) is 6.61 Å². The summed E-state index contributed by atoms with van der Waals surface area (Å²) in [5.41, 5.74) is 3.57. The number of hydrogen-bond donors (Lipinski definition) is 0. The van der Waals surface area contributed by atoms with Crippen LogP contribution in [0.5, 0.6) is 5.75 Å². The Morgan fingerprint density at radius 3 is 2.93 bits per heavy atom. The molecule has 3 heterocycles. The van der Waals surface area contributed by atoms with Crippen molar-refractivity contribution in [2.45, 2.75) is 26.2 Å². The van der Waals surface area contributed by atoms with Crippen LogP contribution in [-0.2, 0) is 4.79 Å². The minimum Gasteiger partial charge on any atom is -0.482 e. The van der Waals surface area contributed by atoms with E-state index in [0.717, 1.165) is 59.2 Å². The zero-order chi connectivity index (χ0) is 18.6. The number of fused-ring (bicyclic) bond motifs is 1. The first kappa shape index (κ1) is 17.7. The minimum absolute atomic E-state index is 0.0169. The molecule has 1 aromatic carbocycles. The molecule has 1 amide bonds. The Morgan fingerprint density at radius 2 is 2.11 bits per heavy atom. The molecule has 0 atom stereocenters. The molecule has 1 aliphatic rings. The first-order valence-electron chi connectivity index (χ1n) is 9.21. The molecule has 0 bridgehead atoms. The fourth-order valence-electron chi connectivity index (χ4n) is 3.14. The summed E-state index contributed by atoms with van der Waals surface area (Å²) in [7, 11) is 0. The minimum atomic E-state index is 0.0169. The van der Waals surface area contributed by atoms with Gasteiger partial charge in [-0.3, -0.25) is 9.78 Å². The smallest absolute Gasteiger partial charge is 0.265 e. The second kappa shape index (κ2) is 7.88. The average molecular weight is 379 g/mol. The quantitative estimate of drug-likeness (QED) is 0.578. The monoisotopic (exact) mass is 379 g/mol. The largest absolute Gasteiger partial charge is 0.482 e. The molecule has 0 radical (unpaired) electrons. The van der Waals surface area contributed by atoms with Crippen molar-refractivity contribution >= 4 is 22.9 Å². The second-order valence-corrected chi connectivity index (χ2v) is 7.33. The molecule has 6 heteroatoms. The van der Waals surface area contributed by atoms with Crippen LogP contribution in [-0.4, -0.2) is 29.0 Å². The van der Waals surface area contributed by atoms with Crippen molar-refractivity contribution in [3.63, 3.8) is 0 Å². The van der Waals surface area contributed by atoms with Gasteiger partial charge in [0.05, 0.1) is 17.1 Å². The molecule has 0 saturated heterocycles. The number of carbonyl (C=O) groups is 1. The molecule has 0 unspecified atom stereocenters. The first-order valence-corrected chi connectivity index (χ1v) is 10.1. The topological polar surface area (TPSA) is 55.3 Å². The van der Waals surface area contributed by atoms with E-state index in [1.54, 1.807) is 17.5 Å². The summed E-state index contributed by atoms with van der Waals surface area (Å²) in [6.07, 6.45) is 5.00. The maximum Gasteiger partial charge on any atom is 0.265 e. The Labute approximate surface area is 162 Å². The number of ether oxygens (including phenoxy) is 1. The third kappa shape index (κ3) is 3.71. The zero-order valence-electron chi connectivity index (χ0n) is 15.2. The lowest BCUT2D eigenvalue weighted by atomic mass is 10.1. The molecular weight excluding hydrogens is 358 g/mol. The van der Waals surface area contributed by atoms with Crippen LogP contribution in [0.4, 0.5) is 5.69 Å². The van der Waals surface area contributed by atoms with E-state index < -0.39 is 0 Å². The van der Waals surface area contributed by atoms with Crippen molar-refractivity contribution in [3.05, 3.63) is 48.0 Å². The number of carbonyl (C=O) groups excluding carboxylic acids is 1. The van der Waals surface area contributed by atoms with E-state index in [0.29, 0.717) is 0 Å². The van der Waals surface area contributed by atoms with Gasteiger partial charge in [-0.15, -0.1) is 11.3 Å². The summed E-state index contributed by atoms with van der Waals surface area (Å²) in [6, 6.07) is 11.7. The van der Waals surface area contributed by atoms with Crippen LogP contribution in [0, 0.1) is 0 Å². The van der Waals surface area contributed by atoms with Crippen molar-refractivity contribution in [3.8, 4) is 27.7 Å². The van der Waals surface area contributed by atoms with Gasteiger partial charge in [-0.05, 0) is 36.8 Å². The van der Waals surface area contributed by atoms with Crippen LogP contribution in [0.25, 0.3) is 22.0 Å². The Hall–Kier alpha value is -2.73. The highest BCUT2D eigenvalue weighted by Gasteiger charge is 2.25. The van der Waals surface area contributed by atoms with E-state index in [2.05, 4.69) is 11.9 Å². The maximum atomic E-state index is 12.4. The fourth-order valence-corrected chi connectivity index (χ4v) is 3.94. The van der Waals surface area contributed by atoms with Gasteiger partial charge >= 0.3 is 0 Å². The summed E-state index contributed by atoms with van der Waals surface area (Å²) in [5.74, 6) is 0.776. The highest BCUT2D eigenvalue weighted by atomic mass is 32.1. The molecule has 4 rings (SSSR count). The predicted octanol–water partition coefficient (Wildman–Crippen LogP) is 4.79. The number of hydrogen-bond acceptors (Lipinski definition) is 5. The Morgan fingerprint density at radius 1 is 1.19 bits per heavy atom. The van der Waals surface area contributed by atoms with Gasteiger partial charge in [0.2, 0.25) is 0 Å². The number of unbranched alkanes of at least 4 members (excludes halogenated alkanes) is 2. The van der Waals surface area contributed by atoms with E-state index >= 15 is 0 Å². The highest BCUT2D eigenvalue weighted by Crippen LogP contribution is 2.37. The third-order valence-corrected chi connectivity index (χ3v) is 5.44. The molecule has 0 spiro atoms. The molecule has 0 aliphatic carbocycles. The van der Waals surface area contributed by atoms with Crippen LogP contribution in [0.2, 0.25) is 0 Å². The standard InChI is InChI=1S/C21H21N3O2S/c1-2-3-6-11-24-18-12-15(8-9-19(18)26-13-20(24)25)17-14-27-21(23-17)16-7-4-5-10-22-16/h4-5,7-10,12,14H,2-3,6,11,13H2,1H3. The van der Waals surface area contributed by atoms with Gasteiger partial charge in [-0.25, -0.2) is 4.98 Å². The second-order valence-electron chi connectivity index (χ2n) is 6.48. The van der Waals surface area contributed by atoms with Gasteiger partial charge in [-0.1, -0.05) is 25.8 Å². The van der Waals surface area contributed by atoms with Crippen molar-refractivity contribution in [2.75, 3.05) is 18.1 Å². The van der Waals surface area contributed by atoms with E-state index in [1.807, 2.05) is 46.7 Å². The summed E-state index contributed by atoms with van der Waals surface area (Å²) >= 11 is 1.57. The summed E-state index contributed by atoms with van der Waals surface area (Å²) in [4.78, 5) is 23.3. The number of anilines is 1. The van der Waals surface area contributed by atoms with E-state index in [-0.39, 0.29) is 12.5 Å². The van der Waals surface area contributed by atoms with Crippen molar-refractivity contribution in [1.29, 1.82) is 0 Å². The number of pyridine rings is 1. The zero-order valence-corrected chi connectivity index (χ0v) is 16.0. The van der Waals surface area contributed by atoms with Gasteiger partial charge < -0.3 is 9.64 Å². The Balaban J connectivity index is 1.64. The highest BCUT2D eigenvalue weighted by molar-refractivity contribution is 7.13. The summed E-state index contributed by atoms with van der Waals surface area (Å²) < 4.78 is 5.62. The fraction of sp³-hybridized carbons (Fsp3) is 0.286. The molecule has 0 saturated carbocycles. The molecule has 1 aliphatic heterocycles. The molecule has 0 fully saturated rings. The number of benzene rings is 1. The number of aromatic nitrogens is 2. The van der Waals surface area contributed by atoms with Crippen molar-refractivity contribution in [2.24, 2.45) is 0 Å². The summed E-state index contributed by atoms with van der Waals surface area (Å²) in [5, 5.41) is 2.91. The molecule has 0 N–H and O–H groups in total. The van der Waals surface area contributed by atoms with Crippen LogP contribution >= 0.6 is 11.3 Å². The predicted molar refractivity (Wildman–Crippen MR) is 108 cm³/mol. The van der Waals surface area contributed by atoms with E-state index in [9.17, 15) is 4.79 Å². The molecule has 27 heavy (non-hydrogen) atoms. The first-order chi connectivity index (χ1) is 13.3. The SMILES string of the molecule is CCCCCN1C(=O)COc2ccc(-c3csc(-c4ccccn4)n3)cc21. The molecule has 5 nitrogen and oxygen atoms in total.